The van der Waals surface area contributed by atoms with Crippen LogP contribution in [0.15, 0.2) is 60.2 Å². The molecule has 6 nitrogen and oxygen atoms in total. The van der Waals surface area contributed by atoms with Crippen LogP contribution in [0.5, 0.6) is 0 Å². The SMILES string of the molecule is CCC(=Cc1ccccc1)[C@@H]1C[C@H]1NC[C@H]1CC[C@H](N(Cc2ccc(C(=O)OC)cc2)C(=O)OC(C)(C)C)CC1. The van der Waals surface area contributed by atoms with Crippen molar-refractivity contribution in [2.45, 2.75) is 90.4 Å². The van der Waals surface area contributed by atoms with E-state index >= 15 is 0 Å². The first-order chi connectivity index (χ1) is 19.2. The molecule has 40 heavy (non-hydrogen) atoms. The molecule has 0 radical (unpaired) electrons. The molecule has 2 fully saturated rings. The second kappa shape index (κ2) is 13.5. The van der Waals surface area contributed by atoms with Gasteiger partial charge in [0.1, 0.15) is 5.60 Å². The number of benzene rings is 2. The lowest BCUT2D eigenvalue weighted by Gasteiger charge is -2.38. The summed E-state index contributed by atoms with van der Waals surface area (Å²) >= 11 is 0. The van der Waals surface area contributed by atoms with Crippen molar-refractivity contribution in [3.8, 4) is 0 Å². The maximum atomic E-state index is 13.3. The van der Waals surface area contributed by atoms with Crippen molar-refractivity contribution in [2.75, 3.05) is 13.7 Å². The fourth-order valence-corrected chi connectivity index (χ4v) is 5.77. The van der Waals surface area contributed by atoms with Gasteiger partial charge < -0.3 is 19.7 Å². The van der Waals surface area contributed by atoms with E-state index in [1.54, 1.807) is 17.7 Å². The van der Waals surface area contributed by atoms with Crippen LogP contribution < -0.4 is 5.32 Å². The Balaban J connectivity index is 1.30. The smallest absolute Gasteiger partial charge is 0.410 e. The highest BCUT2D eigenvalue weighted by atomic mass is 16.6. The van der Waals surface area contributed by atoms with Gasteiger partial charge >= 0.3 is 12.1 Å². The minimum absolute atomic E-state index is 0.139. The van der Waals surface area contributed by atoms with Crippen LogP contribution in [-0.4, -0.2) is 48.3 Å². The monoisotopic (exact) mass is 546 g/mol. The number of esters is 1. The first-order valence-corrected chi connectivity index (χ1v) is 14.8. The number of methoxy groups -OCH3 is 1. The van der Waals surface area contributed by atoms with Gasteiger partial charge in [-0.1, -0.05) is 61.0 Å². The molecule has 0 unspecified atom stereocenters. The van der Waals surface area contributed by atoms with E-state index in [1.165, 1.54) is 19.1 Å². The van der Waals surface area contributed by atoms with Crippen molar-refractivity contribution in [1.29, 1.82) is 0 Å². The maximum Gasteiger partial charge on any atom is 0.410 e. The summed E-state index contributed by atoms with van der Waals surface area (Å²) in [6.07, 6.45) is 8.53. The fourth-order valence-electron chi connectivity index (χ4n) is 5.77. The Morgan fingerprint density at radius 3 is 2.27 bits per heavy atom. The molecule has 1 N–H and O–H groups in total. The van der Waals surface area contributed by atoms with Gasteiger partial charge in [0.25, 0.3) is 0 Å². The van der Waals surface area contributed by atoms with E-state index in [9.17, 15) is 9.59 Å². The lowest BCUT2D eigenvalue weighted by molar-refractivity contribution is 0.00796. The van der Waals surface area contributed by atoms with Gasteiger partial charge in [-0.05, 0) is 101 Å². The van der Waals surface area contributed by atoms with Crippen molar-refractivity contribution < 1.29 is 19.1 Å². The normalized spacial score (nSPS) is 22.9. The van der Waals surface area contributed by atoms with Crippen molar-refractivity contribution in [2.24, 2.45) is 11.8 Å². The molecule has 1 amide bonds. The van der Waals surface area contributed by atoms with Crippen LogP contribution in [0.1, 0.15) is 87.7 Å². The Labute approximate surface area is 240 Å². The number of amides is 1. The molecular formula is C34H46N2O4. The molecule has 2 aromatic rings. The molecule has 4 rings (SSSR count). The van der Waals surface area contributed by atoms with Gasteiger partial charge in [-0.25, -0.2) is 9.59 Å². The first kappa shape index (κ1) is 29.9. The summed E-state index contributed by atoms with van der Waals surface area (Å²) in [6, 6.07) is 18.6. The number of nitrogens with one attached hydrogen (secondary N) is 1. The Bertz CT molecular complexity index is 1140. The number of rotatable bonds is 10. The van der Waals surface area contributed by atoms with E-state index in [2.05, 4.69) is 48.6 Å². The van der Waals surface area contributed by atoms with Gasteiger partial charge in [-0.15, -0.1) is 0 Å². The summed E-state index contributed by atoms with van der Waals surface area (Å²) in [5.74, 6) is 0.911. The molecule has 0 aromatic heterocycles. The number of hydrogen-bond donors (Lipinski definition) is 1. The largest absolute Gasteiger partial charge is 0.465 e. The lowest BCUT2D eigenvalue weighted by atomic mass is 9.85. The molecule has 216 valence electrons. The summed E-state index contributed by atoms with van der Waals surface area (Å²) in [7, 11) is 1.38. The number of nitrogens with zero attached hydrogens (tertiary/aromatic N) is 1. The highest BCUT2D eigenvalue weighted by molar-refractivity contribution is 5.89. The third kappa shape index (κ3) is 8.44. The Morgan fingerprint density at radius 1 is 1.00 bits per heavy atom. The van der Waals surface area contributed by atoms with Crippen LogP contribution in [0.4, 0.5) is 4.79 Å². The zero-order chi connectivity index (χ0) is 28.7. The first-order valence-electron chi connectivity index (χ1n) is 14.8. The van der Waals surface area contributed by atoms with Crippen LogP contribution in [0.2, 0.25) is 0 Å². The molecule has 2 aliphatic carbocycles. The third-order valence-corrected chi connectivity index (χ3v) is 8.11. The number of hydrogen-bond acceptors (Lipinski definition) is 5. The van der Waals surface area contributed by atoms with Crippen LogP contribution in [0.3, 0.4) is 0 Å². The fraction of sp³-hybridized carbons (Fsp3) is 0.529. The molecule has 0 aliphatic heterocycles. The van der Waals surface area contributed by atoms with Crippen LogP contribution in [0, 0.1) is 11.8 Å². The highest BCUT2D eigenvalue weighted by Gasteiger charge is 2.39. The molecule has 0 heterocycles. The summed E-state index contributed by atoms with van der Waals surface area (Å²) < 4.78 is 10.6. The quantitative estimate of drug-likeness (QED) is 0.318. The lowest BCUT2D eigenvalue weighted by Crippen LogP contribution is -2.45. The minimum Gasteiger partial charge on any atom is -0.465 e. The minimum atomic E-state index is -0.557. The van der Waals surface area contributed by atoms with Crippen molar-refractivity contribution >= 4 is 18.1 Å². The second-order valence-corrected chi connectivity index (χ2v) is 12.3. The molecule has 2 atom stereocenters. The Kier molecular flexibility index (Phi) is 10.1. The maximum absolute atomic E-state index is 13.3. The number of carbonyl (C=O) groups excluding carboxylic acids is 2. The Hall–Kier alpha value is -3.12. The van der Waals surface area contributed by atoms with Crippen LogP contribution in [0.25, 0.3) is 6.08 Å². The van der Waals surface area contributed by atoms with Crippen molar-refractivity contribution in [3.63, 3.8) is 0 Å². The van der Waals surface area contributed by atoms with Crippen LogP contribution in [-0.2, 0) is 16.0 Å². The molecule has 0 saturated heterocycles. The van der Waals surface area contributed by atoms with Crippen molar-refractivity contribution in [1.82, 2.24) is 10.2 Å². The topological polar surface area (TPSA) is 67.9 Å². The van der Waals surface area contributed by atoms with Gasteiger partial charge in [0.2, 0.25) is 0 Å². The zero-order valence-electron chi connectivity index (χ0n) is 24.8. The van der Waals surface area contributed by atoms with E-state index in [0.29, 0.717) is 30.0 Å². The summed E-state index contributed by atoms with van der Waals surface area (Å²) in [5, 5.41) is 3.85. The summed E-state index contributed by atoms with van der Waals surface area (Å²) in [6.45, 7) is 9.47. The van der Waals surface area contributed by atoms with Gasteiger partial charge in [-0.3, -0.25) is 0 Å². The number of carbonyl (C=O) groups is 2. The molecule has 6 heteroatoms. The standard InChI is InChI=1S/C34H46N2O4/c1-6-27(20-24-10-8-7-9-11-24)30-21-31(30)35-22-25-14-18-29(19-15-25)36(33(38)40-34(2,3)4)23-26-12-16-28(17-13-26)32(37)39-5/h7-13,16-17,20,25,29-31,35H,6,14-15,18-19,21-23H2,1-5H3/t25-,29-,30-,31+/m0/s1. The van der Waals surface area contributed by atoms with E-state index in [-0.39, 0.29) is 18.1 Å². The molecule has 2 aliphatic rings. The second-order valence-electron chi connectivity index (χ2n) is 12.3. The van der Waals surface area contributed by atoms with Crippen molar-refractivity contribution in [3.05, 3.63) is 76.9 Å². The Morgan fingerprint density at radius 2 is 1.68 bits per heavy atom. The molecule has 0 bridgehead atoms. The van der Waals surface area contributed by atoms with E-state index < -0.39 is 5.60 Å². The third-order valence-electron chi connectivity index (χ3n) is 8.11. The highest BCUT2D eigenvalue weighted by Crippen LogP contribution is 2.40. The van der Waals surface area contributed by atoms with E-state index in [1.807, 2.05) is 37.8 Å². The average Bonchev–Trinajstić information content (AvgIpc) is 3.73. The van der Waals surface area contributed by atoms with E-state index in [4.69, 9.17) is 9.47 Å². The average molecular weight is 547 g/mol. The molecular weight excluding hydrogens is 500 g/mol. The molecule has 0 spiro atoms. The summed E-state index contributed by atoms with van der Waals surface area (Å²) in [4.78, 5) is 27.0. The summed E-state index contributed by atoms with van der Waals surface area (Å²) in [5.41, 5.74) is 3.75. The van der Waals surface area contributed by atoms with Gasteiger partial charge in [-0.2, -0.15) is 0 Å². The molecule has 2 saturated carbocycles. The van der Waals surface area contributed by atoms with Crippen LogP contribution >= 0.6 is 0 Å². The predicted octanol–water partition coefficient (Wildman–Crippen LogP) is 7.24. The van der Waals surface area contributed by atoms with E-state index in [0.717, 1.165) is 44.2 Å². The predicted molar refractivity (Wildman–Crippen MR) is 160 cm³/mol. The zero-order valence-corrected chi connectivity index (χ0v) is 24.8. The van der Waals surface area contributed by atoms with Gasteiger partial charge in [0.05, 0.1) is 12.7 Å². The van der Waals surface area contributed by atoms with Gasteiger partial charge in [0, 0.05) is 18.6 Å². The van der Waals surface area contributed by atoms with Gasteiger partial charge in [0.15, 0.2) is 0 Å². The molecule has 2 aromatic carbocycles. The number of ether oxygens (including phenoxy) is 2.